The van der Waals surface area contributed by atoms with E-state index in [1.165, 1.54) is 11.1 Å². The molecule has 0 saturated carbocycles. The highest BCUT2D eigenvalue weighted by atomic mass is 32.1. The van der Waals surface area contributed by atoms with Gasteiger partial charge in [-0.25, -0.2) is 0 Å². The Morgan fingerprint density at radius 2 is 2.08 bits per heavy atom. The van der Waals surface area contributed by atoms with E-state index in [1.54, 1.807) is 0 Å². The van der Waals surface area contributed by atoms with Crippen LogP contribution in [0.4, 0.5) is 0 Å². The molecule has 0 radical (unpaired) electrons. The lowest BCUT2D eigenvalue weighted by molar-refractivity contribution is -0.137. The van der Waals surface area contributed by atoms with Crippen LogP contribution in [0.15, 0.2) is 24.3 Å². The van der Waals surface area contributed by atoms with Crippen molar-refractivity contribution in [3.05, 3.63) is 35.4 Å². The number of carbonyl (C=O) groups excluding carboxylic acids is 1. The molecule has 2 N–H and O–H groups in total. The molecule has 2 heterocycles. The van der Waals surface area contributed by atoms with Crippen molar-refractivity contribution in [3.8, 4) is 0 Å². The summed E-state index contributed by atoms with van der Waals surface area (Å²) in [5.74, 6) is 0.224. The summed E-state index contributed by atoms with van der Waals surface area (Å²) >= 11 is 4.54. The maximum absolute atomic E-state index is 13.3. The van der Waals surface area contributed by atoms with Gasteiger partial charge in [-0.05, 0) is 29.4 Å². The van der Waals surface area contributed by atoms with Crippen LogP contribution >= 0.6 is 12.6 Å². The molecular formula is C20H31N3OS. The molecular weight excluding hydrogens is 330 g/mol. The molecule has 2 aliphatic rings. The van der Waals surface area contributed by atoms with E-state index >= 15 is 0 Å². The average Bonchev–Trinajstić information content (AvgIpc) is 2.98. The number of nitrogens with zero attached hydrogens (tertiary/aromatic N) is 1. The first-order chi connectivity index (χ1) is 11.8. The standard InChI is InChI=1S/C20H31N3OS/c1-20(2,3)18(22-11-16-10-17(25)12-21-16)19(24)23-9-8-14-6-4-5-7-15(14)13-23/h4-7,16-18,21-22,25H,8-13H2,1-3H3/t16?,17-,18-/m1/s1. The Hall–Kier alpha value is -1.04. The van der Waals surface area contributed by atoms with Crippen molar-refractivity contribution in [2.24, 2.45) is 5.41 Å². The fourth-order valence-corrected chi connectivity index (χ4v) is 4.20. The Bertz CT molecular complexity index is 613. The number of thiol groups is 1. The number of rotatable bonds is 4. The highest BCUT2D eigenvalue weighted by molar-refractivity contribution is 7.81. The van der Waals surface area contributed by atoms with Gasteiger partial charge in [0.1, 0.15) is 0 Å². The minimum atomic E-state index is -0.168. The lowest BCUT2D eigenvalue weighted by Crippen LogP contribution is -2.55. The molecule has 2 aliphatic heterocycles. The second-order valence-electron chi connectivity index (χ2n) is 8.48. The van der Waals surface area contributed by atoms with Crippen LogP contribution in [0.1, 0.15) is 38.3 Å². The fraction of sp³-hybridized carbons (Fsp3) is 0.650. The molecule has 1 fully saturated rings. The highest BCUT2D eigenvalue weighted by Gasteiger charge is 2.36. The van der Waals surface area contributed by atoms with Gasteiger partial charge in [0, 0.05) is 37.5 Å². The Labute approximate surface area is 157 Å². The lowest BCUT2D eigenvalue weighted by atomic mass is 9.85. The molecule has 1 amide bonds. The Balaban J connectivity index is 1.65. The summed E-state index contributed by atoms with van der Waals surface area (Å²) in [5.41, 5.74) is 2.54. The van der Waals surface area contributed by atoms with Gasteiger partial charge in [-0.2, -0.15) is 12.6 Å². The smallest absolute Gasteiger partial charge is 0.240 e. The Morgan fingerprint density at radius 3 is 2.72 bits per heavy atom. The van der Waals surface area contributed by atoms with Crippen LogP contribution in [-0.2, 0) is 17.8 Å². The quantitative estimate of drug-likeness (QED) is 0.721. The van der Waals surface area contributed by atoms with Crippen LogP contribution in [0.2, 0.25) is 0 Å². The number of carbonyl (C=O) groups is 1. The number of amides is 1. The second kappa shape index (κ2) is 7.68. The minimum Gasteiger partial charge on any atom is -0.337 e. The predicted octanol–water partition coefficient (Wildman–Crippen LogP) is 2.24. The number of benzene rings is 1. The summed E-state index contributed by atoms with van der Waals surface area (Å²) in [6, 6.07) is 8.70. The average molecular weight is 362 g/mol. The monoisotopic (exact) mass is 361 g/mol. The maximum atomic E-state index is 13.3. The van der Waals surface area contributed by atoms with Crippen molar-refractivity contribution in [2.75, 3.05) is 19.6 Å². The minimum absolute atomic E-state index is 0.118. The third-order valence-corrected chi connectivity index (χ3v) is 5.72. The first kappa shape index (κ1) is 18.7. The topological polar surface area (TPSA) is 44.4 Å². The van der Waals surface area contributed by atoms with Crippen LogP contribution in [0.5, 0.6) is 0 Å². The zero-order valence-corrected chi connectivity index (χ0v) is 16.5. The van der Waals surface area contributed by atoms with Gasteiger partial charge >= 0.3 is 0 Å². The summed E-state index contributed by atoms with van der Waals surface area (Å²) in [4.78, 5) is 15.3. The Morgan fingerprint density at radius 1 is 1.36 bits per heavy atom. The summed E-state index contributed by atoms with van der Waals surface area (Å²) in [6.45, 7) is 9.73. The molecule has 25 heavy (non-hydrogen) atoms. The zero-order valence-electron chi connectivity index (χ0n) is 15.6. The molecule has 0 aromatic heterocycles. The second-order valence-corrected chi connectivity index (χ2v) is 9.21. The zero-order chi connectivity index (χ0) is 18.0. The summed E-state index contributed by atoms with van der Waals surface area (Å²) in [7, 11) is 0. The molecule has 1 aromatic carbocycles. The van der Waals surface area contributed by atoms with Crippen LogP contribution in [0.3, 0.4) is 0 Å². The lowest BCUT2D eigenvalue weighted by Gasteiger charge is -2.37. The molecule has 1 unspecified atom stereocenters. The van der Waals surface area contributed by atoms with E-state index in [0.717, 1.165) is 39.0 Å². The van der Waals surface area contributed by atoms with Crippen molar-refractivity contribution in [2.45, 2.75) is 57.5 Å². The van der Waals surface area contributed by atoms with Crippen molar-refractivity contribution >= 4 is 18.5 Å². The Kier molecular flexibility index (Phi) is 5.76. The highest BCUT2D eigenvalue weighted by Crippen LogP contribution is 2.25. The van der Waals surface area contributed by atoms with E-state index in [0.29, 0.717) is 11.3 Å². The van der Waals surface area contributed by atoms with Gasteiger partial charge in [-0.1, -0.05) is 45.0 Å². The molecule has 138 valence electrons. The molecule has 3 atom stereocenters. The van der Waals surface area contributed by atoms with Gasteiger partial charge < -0.3 is 15.5 Å². The van der Waals surface area contributed by atoms with Crippen molar-refractivity contribution in [1.82, 2.24) is 15.5 Å². The molecule has 1 aromatic rings. The van der Waals surface area contributed by atoms with Gasteiger partial charge in [-0.3, -0.25) is 4.79 Å². The summed E-state index contributed by atoms with van der Waals surface area (Å²) in [6.07, 6.45) is 2.00. The SMILES string of the molecule is CC(C)(C)[C@H](NCC1C[C@@H](S)CN1)C(=O)N1CCc2ccccc2C1. The van der Waals surface area contributed by atoms with Crippen molar-refractivity contribution in [1.29, 1.82) is 0 Å². The van der Waals surface area contributed by atoms with Crippen molar-refractivity contribution in [3.63, 3.8) is 0 Å². The van der Waals surface area contributed by atoms with Crippen LogP contribution < -0.4 is 10.6 Å². The van der Waals surface area contributed by atoms with Gasteiger partial charge in [0.05, 0.1) is 6.04 Å². The molecule has 5 heteroatoms. The third kappa shape index (κ3) is 4.57. The van der Waals surface area contributed by atoms with Crippen LogP contribution in [0, 0.1) is 5.41 Å². The van der Waals surface area contributed by atoms with E-state index in [4.69, 9.17) is 0 Å². The van der Waals surface area contributed by atoms with E-state index in [2.05, 4.69) is 68.3 Å². The molecule has 4 nitrogen and oxygen atoms in total. The van der Waals surface area contributed by atoms with Gasteiger partial charge in [0.2, 0.25) is 5.91 Å². The molecule has 1 saturated heterocycles. The number of fused-ring (bicyclic) bond motifs is 1. The van der Waals surface area contributed by atoms with Crippen LogP contribution in [-0.4, -0.2) is 47.8 Å². The maximum Gasteiger partial charge on any atom is 0.240 e. The molecule has 0 bridgehead atoms. The number of hydrogen-bond acceptors (Lipinski definition) is 4. The van der Waals surface area contributed by atoms with E-state index < -0.39 is 0 Å². The fourth-order valence-electron chi connectivity index (χ4n) is 3.84. The van der Waals surface area contributed by atoms with Gasteiger partial charge in [0.15, 0.2) is 0 Å². The van der Waals surface area contributed by atoms with Crippen molar-refractivity contribution < 1.29 is 4.79 Å². The third-order valence-electron chi connectivity index (χ3n) is 5.32. The van der Waals surface area contributed by atoms with Crippen LogP contribution in [0.25, 0.3) is 0 Å². The summed E-state index contributed by atoms with van der Waals surface area (Å²) < 4.78 is 0. The van der Waals surface area contributed by atoms with E-state index in [1.807, 2.05) is 4.90 Å². The van der Waals surface area contributed by atoms with E-state index in [-0.39, 0.29) is 17.4 Å². The van der Waals surface area contributed by atoms with Gasteiger partial charge in [-0.15, -0.1) is 0 Å². The van der Waals surface area contributed by atoms with Gasteiger partial charge in [0.25, 0.3) is 0 Å². The largest absolute Gasteiger partial charge is 0.337 e. The normalized spacial score (nSPS) is 24.9. The molecule has 0 aliphatic carbocycles. The predicted molar refractivity (Wildman–Crippen MR) is 106 cm³/mol. The molecule has 3 rings (SSSR count). The molecule has 0 spiro atoms. The number of nitrogens with one attached hydrogen (secondary N) is 2. The summed E-state index contributed by atoms with van der Waals surface area (Å²) in [5, 5.41) is 7.46. The number of hydrogen-bond donors (Lipinski definition) is 3. The first-order valence-electron chi connectivity index (χ1n) is 9.35. The first-order valence-corrected chi connectivity index (χ1v) is 9.86. The van der Waals surface area contributed by atoms with E-state index in [9.17, 15) is 4.79 Å².